The van der Waals surface area contributed by atoms with Crippen LogP contribution in [0, 0.1) is 13.8 Å². The number of aromatic nitrogens is 1. The Morgan fingerprint density at radius 3 is 0.906 bits per heavy atom. The third-order valence-electron chi connectivity index (χ3n) is 21.3. The van der Waals surface area contributed by atoms with Crippen molar-refractivity contribution in [2.45, 2.75) is 20.3 Å². The minimum Gasteiger partial charge on any atom is -0.456 e. The molecule has 0 unspecified atom stereocenters. The zero-order chi connectivity index (χ0) is 79.3. The van der Waals surface area contributed by atoms with Gasteiger partial charge < -0.3 is 8.98 Å². The predicted molar refractivity (Wildman–Crippen MR) is 508 cm³/mol. The quantitative estimate of drug-likeness (QED) is 0.125. The van der Waals surface area contributed by atoms with Gasteiger partial charge in [-0.3, -0.25) is 0 Å². The largest absolute Gasteiger partial charge is 0.456 e. The van der Waals surface area contributed by atoms with E-state index in [9.17, 15) is 0 Å². The molecule has 0 amide bonds. The minimum absolute atomic E-state index is 0.962. The van der Waals surface area contributed by atoms with Crippen molar-refractivity contribution in [1.29, 1.82) is 0 Å². The molecule has 117 heavy (non-hydrogen) atoms. The maximum absolute atomic E-state index is 5.65. The molecule has 562 valence electrons. The van der Waals surface area contributed by atoms with Crippen molar-refractivity contribution in [3.63, 3.8) is 0 Å². The van der Waals surface area contributed by atoms with Gasteiger partial charge in [0.1, 0.15) is 11.2 Å². The average Bonchev–Trinajstić information content (AvgIpc) is 1.62. The molecule has 1 aliphatic carbocycles. The topological polar surface area (TPSA) is 18.1 Å². The number of hydrogen-bond acceptors (Lipinski definition) is 2. The minimum atomic E-state index is 0.962. The third-order valence-corrected chi connectivity index (χ3v) is 22.5. The number of aryl methyl sites for hydroxylation is 3. The van der Waals surface area contributed by atoms with Crippen molar-refractivity contribution in [2.24, 2.45) is 7.05 Å². The van der Waals surface area contributed by atoms with E-state index in [0.29, 0.717) is 0 Å². The molecule has 0 N–H and O–H groups in total. The van der Waals surface area contributed by atoms with E-state index in [2.05, 4.69) is 450 Å². The Kier molecular flexibility index (Phi) is 24.5. The Morgan fingerprint density at radius 1 is 0.214 bits per heavy atom. The third kappa shape index (κ3) is 18.6. The van der Waals surface area contributed by atoms with Gasteiger partial charge in [-0.25, -0.2) is 0 Å². The van der Waals surface area contributed by atoms with Crippen LogP contribution in [0.15, 0.2) is 478 Å². The van der Waals surface area contributed by atoms with E-state index in [1.165, 1.54) is 162 Å². The Bertz CT molecular complexity index is 6590. The summed E-state index contributed by atoms with van der Waals surface area (Å²) in [6.45, 7) is 4.19. The van der Waals surface area contributed by atoms with Gasteiger partial charge in [0, 0.05) is 59.8 Å². The maximum Gasteiger partial charge on any atom is 0.135 e. The Hall–Kier alpha value is -14.5. The van der Waals surface area contributed by atoms with Gasteiger partial charge in [0.2, 0.25) is 0 Å². The second-order valence-corrected chi connectivity index (χ2v) is 30.2. The summed E-state index contributed by atoms with van der Waals surface area (Å²) in [4.78, 5) is 0. The average molecular weight is 1520 g/mol. The molecule has 1 aliphatic rings. The van der Waals surface area contributed by atoms with Gasteiger partial charge in [0.15, 0.2) is 0 Å². The lowest BCUT2D eigenvalue weighted by molar-refractivity contribution is 0.669. The number of nitrogens with zero attached hydrogens (tertiary/aromatic N) is 1. The van der Waals surface area contributed by atoms with Gasteiger partial charge in [0.25, 0.3) is 0 Å². The van der Waals surface area contributed by atoms with E-state index in [1.807, 2.05) is 59.9 Å². The van der Waals surface area contributed by atoms with Crippen LogP contribution in [0.3, 0.4) is 0 Å². The van der Waals surface area contributed by atoms with Gasteiger partial charge in [-0.15, -0.1) is 11.3 Å². The van der Waals surface area contributed by atoms with Crippen molar-refractivity contribution < 1.29 is 4.42 Å². The molecule has 0 aliphatic heterocycles. The van der Waals surface area contributed by atoms with Crippen molar-refractivity contribution in [3.05, 3.63) is 495 Å². The first-order valence-corrected chi connectivity index (χ1v) is 40.8. The number of benzene rings is 20. The zero-order valence-corrected chi connectivity index (χ0v) is 66.8. The first-order valence-electron chi connectivity index (χ1n) is 40.0. The van der Waals surface area contributed by atoms with Crippen LogP contribution in [0.4, 0.5) is 0 Å². The van der Waals surface area contributed by atoms with E-state index >= 15 is 0 Å². The van der Waals surface area contributed by atoms with Crippen molar-refractivity contribution in [2.75, 3.05) is 0 Å². The fourth-order valence-electron chi connectivity index (χ4n) is 15.3. The van der Waals surface area contributed by atoms with E-state index in [0.717, 1.165) is 17.6 Å². The first kappa shape index (κ1) is 76.5. The van der Waals surface area contributed by atoms with Crippen LogP contribution >= 0.6 is 11.3 Å². The van der Waals surface area contributed by atoms with Crippen LogP contribution in [0.25, 0.3) is 151 Å². The number of para-hydroxylation sites is 4. The van der Waals surface area contributed by atoms with Crippen LogP contribution in [0.5, 0.6) is 0 Å². The summed E-state index contributed by atoms with van der Waals surface area (Å²) < 4.78 is 10.6. The second-order valence-electron chi connectivity index (χ2n) is 29.1. The standard InChI is InChI=1S/C18H14.2C14H10.C13H11N.C13H10.C12H8O.C12H8S.C10H8.C8H10/c1-3-8-15(9-4-1)17-12-7-13-18(14-17)16-10-5-2-6-11-16;1-3-7-13-11(5-1)9-10-12-6-2-4-8-14(12)13;1-2-6-12-10-14-8-4-3-7-13(14)9-11(12)5-1;1-14-12-8-4-2-6-10(12)11-7-3-5-9-13(11)14;1-3-7-12-10(5-1)9-11-6-2-4-8-13(11)12;2*1-3-7-11-9(5-1)10-6-2-4-8-12(10)13-11;1-2-6-10-8-4-3-7-9(10)5-1;1-7-3-5-8(2)6-4-7/h1-14H;2*1-10H;2-9H,1H3;1-8H,9H2;2*1-8H;1-8H;3-6H,1-2H3. The number of thiophene rings is 1. The monoisotopic (exact) mass is 1520 g/mol. The molecule has 0 radical (unpaired) electrons. The summed E-state index contributed by atoms with van der Waals surface area (Å²) in [6.07, 6.45) is 1.10. The lowest BCUT2D eigenvalue weighted by Gasteiger charge is -2.05. The number of rotatable bonds is 2. The highest BCUT2D eigenvalue weighted by Crippen LogP contribution is 2.37. The van der Waals surface area contributed by atoms with Crippen molar-refractivity contribution in [3.8, 4) is 33.4 Å². The van der Waals surface area contributed by atoms with Crippen LogP contribution in [-0.2, 0) is 13.5 Å². The lowest BCUT2D eigenvalue weighted by atomic mass is 9.99. The molecule has 23 aromatic rings. The second kappa shape index (κ2) is 37.4. The molecule has 0 saturated heterocycles. The first-order chi connectivity index (χ1) is 57.8. The van der Waals surface area contributed by atoms with Crippen LogP contribution in [0.1, 0.15) is 22.3 Å². The highest BCUT2D eigenvalue weighted by Gasteiger charge is 2.16. The highest BCUT2D eigenvalue weighted by atomic mass is 32.1. The maximum atomic E-state index is 5.65. The molecule has 20 aromatic carbocycles. The zero-order valence-electron chi connectivity index (χ0n) is 66.0. The Labute approximate surface area is 689 Å². The molecule has 0 saturated carbocycles. The van der Waals surface area contributed by atoms with Gasteiger partial charge in [-0.2, -0.15) is 0 Å². The summed E-state index contributed by atoms with van der Waals surface area (Å²) in [5.74, 6) is 0. The fraction of sp³-hybridized carbons (Fsp3) is 0.0351. The van der Waals surface area contributed by atoms with Crippen LogP contribution in [-0.4, -0.2) is 4.57 Å². The van der Waals surface area contributed by atoms with E-state index < -0.39 is 0 Å². The highest BCUT2D eigenvalue weighted by molar-refractivity contribution is 7.25. The van der Waals surface area contributed by atoms with Gasteiger partial charge in [0.05, 0.1) is 0 Å². The van der Waals surface area contributed by atoms with Crippen molar-refractivity contribution in [1.82, 2.24) is 4.57 Å². The van der Waals surface area contributed by atoms with Crippen molar-refractivity contribution >= 4 is 129 Å². The number of furan rings is 1. The Morgan fingerprint density at radius 2 is 0.504 bits per heavy atom. The Balaban J connectivity index is 0.0000000991. The normalized spacial score (nSPS) is 10.8. The molecular formula is C114H89NOS. The molecule has 24 rings (SSSR count). The van der Waals surface area contributed by atoms with Crippen LogP contribution < -0.4 is 0 Å². The molecular weight excluding hydrogens is 1430 g/mol. The molecule has 0 atom stereocenters. The van der Waals surface area contributed by atoms with Crippen LogP contribution in [0.2, 0.25) is 0 Å². The lowest BCUT2D eigenvalue weighted by Crippen LogP contribution is -1.84. The summed E-state index contributed by atoms with van der Waals surface area (Å²) >= 11 is 1.86. The molecule has 3 aromatic heterocycles. The summed E-state index contributed by atoms with van der Waals surface area (Å²) in [5, 5.41) is 21.0. The molecule has 2 nitrogen and oxygen atoms in total. The number of hydrogen-bond donors (Lipinski definition) is 0. The SMILES string of the molecule is Cc1ccc(C)cc1.Cn1c2ccccc2c2ccccc21.c1ccc(-c2cccc(-c3ccccc3)c2)cc1.c1ccc2c(c1)Cc1ccccc1-2.c1ccc2c(c1)ccc1ccccc12.c1ccc2c(c1)oc1ccccc12.c1ccc2c(c1)sc1ccccc12.c1ccc2cc3ccccc3cc2c1.c1ccc2ccccc2c1. The molecule has 0 spiro atoms. The predicted octanol–water partition coefficient (Wildman–Crippen LogP) is 32.4. The number of fused-ring (bicyclic) bond motifs is 18. The summed E-state index contributed by atoms with van der Waals surface area (Å²) in [7, 11) is 2.12. The van der Waals surface area contributed by atoms with E-state index in [4.69, 9.17) is 4.42 Å². The van der Waals surface area contributed by atoms with Gasteiger partial charge >= 0.3 is 0 Å². The molecule has 0 bridgehead atoms. The summed E-state index contributed by atoms with van der Waals surface area (Å²) in [6, 6.07) is 165. The molecule has 3 heterocycles. The smallest absolute Gasteiger partial charge is 0.135 e. The van der Waals surface area contributed by atoms with Gasteiger partial charge in [-0.05, 0) is 173 Å². The van der Waals surface area contributed by atoms with E-state index in [1.54, 1.807) is 0 Å². The fourth-order valence-corrected chi connectivity index (χ4v) is 16.4. The molecule has 3 heteroatoms. The summed E-state index contributed by atoms with van der Waals surface area (Å²) in [5.41, 5.74) is 18.0. The van der Waals surface area contributed by atoms with Gasteiger partial charge in [-0.1, -0.05) is 430 Å². The van der Waals surface area contributed by atoms with E-state index in [-0.39, 0.29) is 0 Å². The molecule has 0 fully saturated rings.